The lowest BCUT2D eigenvalue weighted by atomic mass is 9.88. The fourth-order valence-electron chi connectivity index (χ4n) is 2.48. The van der Waals surface area contributed by atoms with E-state index in [1.807, 2.05) is 37.3 Å². The van der Waals surface area contributed by atoms with Gasteiger partial charge in [-0.1, -0.05) is 30.3 Å². The van der Waals surface area contributed by atoms with Gasteiger partial charge in [0.1, 0.15) is 11.7 Å². The molecule has 1 N–H and O–H groups in total. The molecule has 1 fully saturated rings. The van der Waals surface area contributed by atoms with Gasteiger partial charge in [-0.3, -0.25) is 14.5 Å². The number of carbonyl (C=O) groups excluding carboxylic acids is 1. The Kier molecular flexibility index (Phi) is 5.51. The highest BCUT2D eigenvalue weighted by atomic mass is 35.5. The van der Waals surface area contributed by atoms with Gasteiger partial charge in [0, 0.05) is 25.6 Å². The van der Waals surface area contributed by atoms with Crippen molar-refractivity contribution < 1.29 is 14.7 Å². The summed E-state index contributed by atoms with van der Waals surface area (Å²) in [6.45, 7) is 3.15. The van der Waals surface area contributed by atoms with Crippen molar-refractivity contribution in [3.8, 4) is 0 Å². The Labute approximate surface area is 118 Å². The van der Waals surface area contributed by atoms with Crippen molar-refractivity contribution in [2.24, 2.45) is 5.92 Å². The number of rotatable bonds is 3. The Morgan fingerprint density at radius 2 is 2.00 bits per heavy atom. The molecule has 0 bridgehead atoms. The van der Waals surface area contributed by atoms with Gasteiger partial charge in [-0.05, 0) is 12.5 Å². The van der Waals surface area contributed by atoms with Gasteiger partial charge in [-0.15, -0.1) is 12.4 Å². The fraction of sp³-hybridized carbons (Fsp3) is 0.429. The summed E-state index contributed by atoms with van der Waals surface area (Å²) < 4.78 is 0. The van der Waals surface area contributed by atoms with Gasteiger partial charge >= 0.3 is 5.97 Å². The van der Waals surface area contributed by atoms with Crippen LogP contribution in [0.2, 0.25) is 0 Å². The molecule has 1 aliphatic heterocycles. The zero-order valence-corrected chi connectivity index (χ0v) is 11.6. The van der Waals surface area contributed by atoms with Gasteiger partial charge in [0.15, 0.2) is 0 Å². The minimum atomic E-state index is -1.01. The Balaban J connectivity index is 0.00000180. The molecule has 1 aromatic carbocycles. The van der Waals surface area contributed by atoms with Crippen molar-refractivity contribution in [2.75, 3.05) is 6.54 Å². The molecule has 0 aliphatic carbocycles. The predicted molar refractivity (Wildman–Crippen MR) is 74.3 cm³/mol. The average Bonchev–Trinajstić information content (AvgIpc) is 2.34. The molecule has 104 valence electrons. The molecule has 5 heteroatoms. The van der Waals surface area contributed by atoms with Crippen molar-refractivity contribution in [3.05, 3.63) is 35.9 Å². The minimum absolute atomic E-state index is 0. The van der Waals surface area contributed by atoms with Gasteiger partial charge in [-0.25, -0.2) is 0 Å². The SMILES string of the molecule is CC1C(C(=O)O)C(=O)CCN1Cc1ccccc1.Cl. The predicted octanol–water partition coefficient (Wildman–Crippen LogP) is 1.97. The van der Waals surface area contributed by atoms with Crippen LogP contribution in [0.5, 0.6) is 0 Å². The van der Waals surface area contributed by atoms with Crippen LogP contribution in [0, 0.1) is 5.92 Å². The van der Waals surface area contributed by atoms with Crippen molar-refractivity contribution >= 4 is 24.2 Å². The number of piperidine rings is 1. The molecule has 1 aliphatic rings. The summed E-state index contributed by atoms with van der Waals surface area (Å²) in [6.07, 6.45) is 0.328. The first-order valence-electron chi connectivity index (χ1n) is 6.13. The lowest BCUT2D eigenvalue weighted by Gasteiger charge is -2.36. The molecule has 4 nitrogen and oxygen atoms in total. The van der Waals surface area contributed by atoms with Crippen LogP contribution >= 0.6 is 12.4 Å². The number of halogens is 1. The van der Waals surface area contributed by atoms with E-state index < -0.39 is 11.9 Å². The van der Waals surface area contributed by atoms with Gasteiger partial charge in [0.2, 0.25) is 0 Å². The summed E-state index contributed by atoms with van der Waals surface area (Å²) in [5.41, 5.74) is 1.14. The van der Waals surface area contributed by atoms with E-state index in [-0.39, 0.29) is 24.2 Å². The van der Waals surface area contributed by atoms with Crippen LogP contribution in [-0.4, -0.2) is 34.3 Å². The zero-order chi connectivity index (χ0) is 13.1. The first-order chi connectivity index (χ1) is 8.59. The van der Waals surface area contributed by atoms with Crippen LogP contribution in [0.3, 0.4) is 0 Å². The molecule has 0 aromatic heterocycles. The molecule has 0 amide bonds. The van der Waals surface area contributed by atoms with E-state index in [0.717, 1.165) is 5.56 Å². The van der Waals surface area contributed by atoms with Crippen LogP contribution in [-0.2, 0) is 16.1 Å². The number of ketones is 1. The number of nitrogens with zero attached hydrogens (tertiary/aromatic N) is 1. The van der Waals surface area contributed by atoms with E-state index in [1.165, 1.54) is 0 Å². The third kappa shape index (κ3) is 3.55. The van der Waals surface area contributed by atoms with E-state index in [1.54, 1.807) is 0 Å². The third-order valence-corrected chi connectivity index (χ3v) is 3.55. The van der Waals surface area contributed by atoms with Gasteiger partial charge in [0.25, 0.3) is 0 Å². The molecule has 1 aromatic rings. The number of Topliss-reactive ketones (excluding diaryl/α,β-unsaturated/α-hetero) is 1. The van der Waals surface area contributed by atoms with E-state index in [2.05, 4.69) is 4.90 Å². The molecule has 2 atom stereocenters. The molecule has 0 spiro atoms. The van der Waals surface area contributed by atoms with E-state index in [9.17, 15) is 9.59 Å². The topological polar surface area (TPSA) is 57.6 Å². The van der Waals surface area contributed by atoms with Crippen LogP contribution in [0.4, 0.5) is 0 Å². The number of carboxylic acids is 1. The Morgan fingerprint density at radius 3 is 2.58 bits per heavy atom. The summed E-state index contributed by atoms with van der Waals surface area (Å²) in [5, 5.41) is 9.12. The van der Waals surface area contributed by atoms with Crippen LogP contribution in [0.1, 0.15) is 18.9 Å². The monoisotopic (exact) mass is 283 g/mol. The quantitative estimate of drug-likeness (QED) is 0.862. The molecule has 0 saturated carbocycles. The maximum atomic E-state index is 11.6. The summed E-state index contributed by atoms with van der Waals surface area (Å²) in [7, 11) is 0. The Bertz CT molecular complexity index is 449. The van der Waals surface area contributed by atoms with Gasteiger partial charge in [0.05, 0.1) is 0 Å². The second-order valence-electron chi connectivity index (χ2n) is 4.73. The minimum Gasteiger partial charge on any atom is -0.481 e. The highest BCUT2D eigenvalue weighted by Gasteiger charge is 2.38. The Hall–Kier alpha value is -1.39. The van der Waals surface area contributed by atoms with Crippen LogP contribution < -0.4 is 0 Å². The standard InChI is InChI=1S/C14H17NO3.ClH/c1-10-13(14(17)18)12(16)7-8-15(10)9-11-5-3-2-4-6-11;/h2-6,10,13H,7-9H2,1H3,(H,17,18);1H. The summed E-state index contributed by atoms with van der Waals surface area (Å²) in [5.74, 6) is -2.05. The van der Waals surface area contributed by atoms with Crippen molar-refractivity contribution in [2.45, 2.75) is 25.9 Å². The molecule has 1 heterocycles. The van der Waals surface area contributed by atoms with Crippen LogP contribution in [0.15, 0.2) is 30.3 Å². The van der Waals surface area contributed by atoms with E-state index >= 15 is 0 Å². The molecular formula is C14H18ClNO3. The van der Waals surface area contributed by atoms with Crippen molar-refractivity contribution in [1.82, 2.24) is 4.90 Å². The second-order valence-corrected chi connectivity index (χ2v) is 4.73. The van der Waals surface area contributed by atoms with Crippen molar-refractivity contribution in [1.29, 1.82) is 0 Å². The van der Waals surface area contributed by atoms with Gasteiger partial charge in [-0.2, -0.15) is 0 Å². The Morgan fingerprint density at radius 1 is 1.37 bits per heavy atom. The zero-order valence-electron chi connectivity index (χ0n) is 10.8. The van der Waals surface area contributed by atoms with E-state index in [0.29, 0.717) is 19.5 Å². The maximum absolute atomic E-state index is 11.6. The third-order valence-electron chi connectivity index (χ3n) is 3.55. The van der Waals surface area contributed by atoms with Gasteiger partial charge < -0.3 is 5.11 Å². The summed E-state index contributed by atoms with van der Waals surface area (Å²) >= 11 is 0. The van der Waals surface area contributed by atoms with E-state index in [4.69, 9.17) is 5.11 Å². The smallest absolute Gasteiger partial charge is 0.315 e. The summed E-state index contributed by atoms with van der Waals surface area (Å²) in [4.78, 5) is 24.8. The first kappa shape index (κ1) is 15.7. The number of aliphatic carboxylic acids is 1. The first-order valence-corrected chi connectivity index (χ1v) is 6.13. The largest absolute Gasteiger partial charge is 0.481 e. The molecule has 1 saturated heterocycles. The number of carboxylic acid groups (broad SMARTS) is 1. The number of carbonyl (C=O) groups is 2. The molecule has 2 rings (SSSR count). The average molecular weight is 284 g/mol. The normalized spacial score (nSPS) is 23.7. The molecular weight excluding hydrogens is 266 g/mol. The number of hydrogen-bond acceptors (Lipinski definition) is 3. The number of likely N-dealkylation sites (tertiary alicyclic amines) is 1. The molecule has 19 heavy (non-hydrogen) atoms. The fourth-order valence-corrected chi connectivity index (χ4v) is 2.48. The number of benzene rings is 1. The highest BCUT2D eigenvalue weighted by molar-refractivity contribution is 5.99. The lowest BCUT2D eigenvalue weighted by molar-refractivity contribution is -0.151. The highest BCUT2D eigenvalue weighted by Crippen LogP contribution is 2.22. The summed E-state index contributed by atoms with van der Waals surface area (Å²) in [6, 6.07) is 9.65. The molecule has 0 radical (unpaired) electrons. The van der Waals surface area contributed by atoms with Crippen LogP contribution in [0.25, 0.3) is 0 Å². The second kappa shape index (κ2) is 6.68. The maximum Gasteiger partial charge on any atom is 0.315 e. The molecule has 2 unspecified atom stereocenters. The number of hydrogen-bond donors (Lipinski definition) is 1. The van der Waals surface area contributed by atoms with Crippen molar-refractivity contribution in [3.63, 3.8) is 0 Å². The lowest BCUT2D eigenvalue weighted by Crippen LogP contribution is -2.50.